The summed E-state index contributed by atoms with van der Waals surface area (Å²) in [6.45, 7) is 8.23. The molecule has 2 aromatic rings. The van der Waals surface area contributed by atoms with Crippen LogP contribution in [0.2, 0.25) is 0 Å². The van der Waals surface area contributed by atoms with E-state index in [1.807, 2.05) is 70.2 Å². The summed E-state index contributed by atoms with van der Waals surface area (Å²) in [5.41, 5.74) is 3.67. The van der Waals surface area contributed by atoms with E-state index in [0.717, 1.165) is 22.5 Å². The minimum absolute atomic E-state index is 0.00691. The molecule has 5 heteroatoms. The first kappa shape index (κ1) is 19.0. The summed E-state index contributed by atoms with van der Waals surface area (Å²) in [6, 6.07) is 13.4. The van der Waals surface area contributed by atoms with Gasteiger partial charge in [-0.15, -0.1) is 0 Å². The maximum absolute atomic E-state index is 12.7. The normalized spacial score (nSPS) is 16.7. The van der Waals surface area contributed by atoms with Gasteiger partial charge in [0.15, 0.2) is 0 Å². The van der Waals surface area contributed by atoms with Crippen molar-refractivity contribution < 1.29 is 14.3 Å². The van der Waals surface area contributed by atoms with Gasteiger partial charge in [0.25, 0.3) is 0 Å². The van der Waals surface area contributed by atoms with Crippen molar-refractivity contribution in [1.82, 2.24) is 0 Å². The fourth-order valence-electron chi connectivity index (χ4n) is 3.34. The van der Waals surface area contributed by atoms with Gasteiger partial charge in [-0.2, -0.15) is 0 Å². The summed E-state index contributed by atoms with van der Waals surface area (Å²) in [5.74, 6) is 0.0947. The molecule has 0 aromatic heterocycles. The Bertz CT molecular complexity index is 860. The lowest BCUT2D eigenvalue weighted by molar-refractivity contribution is -0.122. The Morgan fingerprint density at radius 3 is 2.63 bits per heavy atom. The molecule has 3 rings (SSSR count). The summed E-state index contributed by atoms with van der Waals surface area (Å²) in [7, 11) is 0. The number of benzene rings is 2. The molecule has 0 aliphatic carbocycles. The largest absolute Gasteiger partial charge is 0.489 e. The molecule has 1 saturated heterocycles. The zero-order chi connectivity index (χ0) is 19.6. The molecule has 0 bridgehead atoms. The maximum atomic E-state index is 12.7. The highest BCUT2D eigenvalue weighted by molar-refractivity contribution is 6.04. The number of hydrogen-bond donors (Lipinski definition) is 1. The third-order valence-corrected chi connectivity index (χ3v) is 4.65. The van der Waals surface area contributed by atoms with Crippen molar-refractivity contribution >= 4 is 23.2 Å². The number of nitrogens with zero attached hydrogens (tertiary/aromatic N) is 1. The van der Waals surface area contributed by atoms with E-state index in [2.05, 4.69) is 5.32 Å². The molecule has 5 nitrogen and oxygen atoms in total. The molecule has 1 aliphatic heterocycles. The Kier molecular flexibility index (Phi) is 5.49. The zero-order valence-electron chi connectivity index (χ0n) is 16.3. The highest BCUT2D eigenvalue weighted by Crippen LogP contribution is 2.34. The van der Waals surface area contributed by atoms with Crippen LogP contribution in [0.25, 0.3) is 0 Å². The van der Waals surface area contributed by atoms with Crippen LogP contribution in [-0.2, 0) is 9.59 Å². The summed E-state index contributed by atoms with van der Waals surface area (Å²) in [6.07, 6.45) is 0.208. The Balaban J connectivity index is 1.75. The number of nitrogens with one attached hydrogen (secondary N) is 1. The number of ether oxygens (including phenoxy) is 1. The van der Waals surface area contributed by atoms with Gasteiger partial charge in [0.1, 0.15) is 5.75 Å². The zero-order valence-corrected chi connectivity index (χ0v) is 16.3. The highest BCUT2D eigenvalue weighted by atomic mass is 16.5. The number of rotatable bonds is 5. The fourth-order valence-corrected chi connectivity index (χ4v) is 3.34. The van der Waals surface area contributed by atoms with Crippen molar-refractivity contribution in [3.63, 3.8) is 0 Å². The Morgan fingerprint density at radius 2 is 1.93 bits per heavy atom. The number of para-hydroxylation sites is 2. The average molecular weight is 366 g/mol. The summed E-state index contributed by atoms with van der Waals surface area (Å²) in [5, 5.41) is 2.97. The summed E-state index contributed by atoms with van der Waals surface area (Å²) in [4.78, 5) is 27.0. The predicted molar refractivity (Wildman–Crippen MR) is 107 cm³/mol. The quantitative estimate of drug-likeness (QED) is 0.867. The molecular formula is C22H26N2O3. The molecule has 2 amide bonds. The monoisotopic (exact) mass is 366 g/mol. The smallest absolute Gasteiger partial charge is 0.229 e. The van der Waals surface area contributed by atoms with Crippen molar-refractivity contribution in [2.45, 2.75) is 40.2 Å². The third kappa shape index (κ3) is 4.30. The van der Waals surface area contributed by atoms with Crippen LogP contribution in [0.4, 0.5) is 11.4 Å². The number of aryl methyl sites for hydroxylation is 2. The first-order chi connectivity index (χ1) is 12.8. The lowest BCUT2D eigenvalue weighted by atomic mass is 10.1. The van der Waals surface area contributed by atoms with E-state index in [9.17, 15) is 9.59 Å². The third-order valence-electron chi connectivity index (χ3n) is 4.65. The minimum Gasteiger partial charge on any atom is -0.489 e. The van der Waals surface area contributed by atoms with Crippen LogP contribution in [0.15, 0.2) is 42.5 Å². The number of carbonyl (C=O) groups excluding carboxylic acids is 2. The highest BCUT2D eigenvalue weighted by Gasteiger charge is 2.36. The van der Waals surface area contributed by atoms with Crippen LogP contribution in [0.1, 0.15) is 31.4 Å². The van der Waals surface area contributed by atoms with Crippen molar-refractivity contribution in [2.75, 3.05) is 16.8 Å². The lowest BCUT2D eigenvalue weighted by Gasteiger charge is -2.21. The van der Waals surface area contributed by atoms with Crippen molar-refractivity contribution in [3.05, 3.63) is 53.6 Å². The molecule has 0 spiro atoms. The van der Waals surface area contributed by atoms with Crippen LogP contribution < -0.4 is 15.0 Å². The van der Waals surface area contributed by atoms with Gasteiger partial charge >= 0.3 is 0 Å². The summed E-state index contributed by atoms with van der Waals surface area (Å²) < 4.78 is 5.83. The first-order valence-electron chi connectivity index (χ1n) is 9.29. The van der Waals surface area contributed by atoms with E-state index in [1.165, 1.54) is 0 Å². The van der Waals surface area contributed by atoms with Crippen LogP contribution >= 0.6 is 0 Å². The number of amides is 2. The number of anilines is 2. The van der Waals surface area contributed by atoms with E-state index in [0.29, 0.717) is 12.3 Å². The maximum Gasteiger partial charge on any atom is 0.229 e. The van der Waals surface area contributed by atoms with E-state index >= 15 is 0 Å². The fraction of sp³-hybridized carbons (Fsp3) is 0.364. The van der Waals surface area contributed by atoms with Crippen molar-refractivity contribution in [3.8, 4) is 5.75 Å². The molecular weight excluding hydrogens is 340 g/mol. The average Bonchev–Trinajstić information content (AvgIpc) is 2.99. The lowest BCUT2D eigenvalue weighted by Crippen LogP contribution is -2.28. The second-order valence-corrected chi connectivity index (χ2v) is 7.35. The first-order valence-corrected chi connectivity index (χ1v) is 9.29. The standard InChI is InChI=1S/C22H26N2O3/c1-14(2)27-20-8-6-5-7-19(20)24-13-17(12-21(24)25)22(26)23-18-10-9-15(3)11-16(18)4/h5-11,14,17H,12-13H2,1-4H3,(H,23,26). The second-order valence-electron chi connectivity index (χ2n) is 7.35. The molecule has 2 aromatic carbocycles. The molecule has 1 aliphatic rings. The van der Waals surface area contributed by atoms with Gasteiger partial charge in [0, 0.05) is 18.7 Å². The van der Waals surface area contributed by atoms with E-state index in [4.69, 9.17) is 4.74 Å². The van der Waals surface area contributed by atoms with Gasteiger partial charge in [-0.3, -0.25) is 9.59 Å². The topological polar surface area (TPSA) is 58.6 Å². The van der Waals surface area contributed by atoms with Gasteiger partial charge in [0.05, 0.1) is 17.7 Å². The van der Waals surface area contributed by atoms with E-state index in [1.54, 1.807) is 4.90 Å². The Labute approximate surface area is 160 Å². The predicted octanol–water partition coefficient (Wildman–Crippen LogP) is 4.08. The van der Waals surface area contributed by atoms with Crippen molar-refractivity contribution in [1.29, 1.82) is 0 Å². The van der Waals surface area contributed by atoms with Crippen molar-refractivity contribution in [2.24, 2.45) is 5.92 Å². The molecule has 1 N–H and O–H groups in total. The molecule has 1 heterocycles. The SMILES string of the molecule is Cc1ccc(NC(=O)C2CC(=O)N(c3ccccc3OC(C)C)C2)c(C)c1. The molecule has 0 saturated carbocycles. The molecule has 1 unspecified atom stereocenters. The molecule has 142 valence electrons. The molecule has 27 heavy (non-hydrogen) atoms. The molecule has 0 radical (unpaired) electrons. The van der Waals surface area contributed by atoms with Crippen LogP contribution in [0.3, 0.4) is 0 Å². The van der Waals surface area contributed by atoms with Gasteiger partial charge in [-0.1, -0.05) is 29.8 Å². The van der Waals surface area contributed by atoms with E-state index < -0.39 is 0 Å². The van der Waals surface area contributed by atoms with Crippen LogP contribution in [0, 0.1) is 19.8 Å². The van der Waals surface area contributed by atoms with Gasteiger partial charge in [-0.25, -0.2) is 0 Å². The van der Waals surface area contributed by atoms with Gasteiger partial charge < -0.3 is 15.0 Å². The number of hydrogen-bond acceptors (Lipinski definition) is 3. The summed E-state index contributed by atoms with van der Waals surface area (Å²) >= 11 is 0. The molecule has 1 atom stereocenters. The van der Waals surface area contributed by atoms with Gasteiger partial charge in [-0.05, 0) is 51.5 Å². The molecule has 1 fully saturated rings. The Morgan fingerprint density at radius 1 is 1.19 bits per heavy atom. The number of carbonyl (C=O) groups is 2. The van der Waals surface area contributed by atoms with Crippen LogP contribution in [-0.4, -0.2) is 24.5 Å². The Hall–Kier alpha value is -2.82. The second kappa shape index (κ2) is 7.82. The van der Waals surface area contributed by atoms with Gasteiger partial charge in [0.2, 0.25) is 11.8 Å². The van der Waals surface area contributed by atoms with E-state index in [-0.39, 0.29) is 30.3 Å². The minimum atomic E-state index is -0.384. The van der Waals surface area contributed by atoms with Crippen LogP contribution in [0.5, 0.6) is 5.75 Å².